The molecule has 2 nitrogen and oxygen atoms in total. The van der Waals surface area contributed by atoms with Gasteiger partial charge in [0.05, 0.1) is 6.42 Å². The first-order chi connectivity index (χ1) is 4.27. The molecule has 9 heavy (non-hydrogen) atoms. The van der Waals surface area contributed by atoms with Crippen molar-refractivity contribution in [3.63, 3.8) is 0 Å². The van der Waals surface area contributed by atoms with Crippen LogP contribution in [0.3, 0.4) is 0 Å². The average Bonchev–Trinajstić information content (AvgIpc) is 1.80. The Morgan fingerprint density at radius 1 is 1.44 bits per heavy atom. The third-order valence-corrected chi connectivity index (χ3v) is 0.756. The van der Waals surface area contributed by atoms with Gasteiger partial charge in [-0.1, -0.05) is 6.92 Å². The summed E-state index contributed by atoms with van der Waals surface area (Å²) < 4.78 is 0. The quantitative estimate of drug-likeness (QED) is 0.510. The van der Waals surface area contributed by atoms with Gasteiger partial charge in [0.2, 0.25) is 0 Å². The van der Waals surface area contributed by atoms with Crippen LogP contribution in [0.4, 0.5) is 0 Å². The lowest BCUT2D eigenvalue weighted by Gasteiger charge is -1.78. The zero-order valence-corrected chi connectivity index (χ0v) is 5.44. The molecule has 0 saturated heterocycles. The molecule has 0 aliphatic heterocycles. The van der Waals surface area contributed by atoms with E-state index in [1.807, 2.05) is 6.92 Å². The van der Waals surface area contributed by atoms with E-state index in [2.05, 4.69) is 11.8 Å². The van der Waals surface area contributed by atoms with E-state index in [9.17, 15) is 9.90 Å². The third-order valence-electron chi connectivity index (χ3n) is 0.756. The van der Waals surface area contributed by atoms with Gasteiger partial charge in [0, 0.05) is 12.8 Å². The smallest absolute Gasteiger partial charge is 0.247 e. The van der Waals surface area contributed by atoms with Crippen LogP contribution < -0.4 is 0 Å². The van der Waals surface area contributed by atoms with E-state index in [1.54, 1.807) is 0 Å². The van der Waals surface area contributed by atoms with Gasteiger partial charge in [0.15, 0.2) is 0 Å². The summed E-state index contributed by atoms with van der Waals surface area (Å²) in [6.07, 6.45) is 1.25. The Labute approximate surface area is 54.9 Å². The van der Waals surface area contributed by atoms with Crippen LogP contribution in [0.1, 0.15) is 26.2 Å². The van der Waals surface area contributed by atoms with E-state index in [0.29, 0.717) is 6.42 Å². The van der Waals surface area contributed by atoms with E-state index in [1.165, 1.54) is 0 Å². The molecule has 0 unspecified atom stereocenters. The molecule has 0 spiro atoms. The summed E-state index contributed by atoms with van der Waals surface area (Å²) in [4.78, 5) is 9.78. The molecule has 0 aliphatic carbocycles. The molecule has 0 aromatic carbocycles. The van der Waals surface area contributed by atoms with Gasteiger partial charge < -0.3 is 0 Å². The molecule has 0 amide bonds. The van der Waals surface area contributed by atoms with Gasteiger partial charge >= 0.3 is 5.97 Å². The lowest BCUT2D eigenvalue weighted by molar-refractivity contribution is -0.142. The summed E-state index contributed by atoms with van der Waals surface area (Å²) in [5.41, 5.74) is 0. The largest absolute Gasteiger partial charge is 0.356 e. The van der Waals surface area contributed by atoms with Gasteiger partial charge in [0.25, 0.3) is 0 Å². The molecular formula is C7H9O2. The van der Waals surface area contributed by atoms with Gasteiger partial charge in [-0.3, -0.25) is 0 Å². The highest BCUT2D eigenvalue weighted by Gasteiger charge is 1.93. The van der Waals surface area contributed by atoms with Crippen LogP contribution in [0.5, 0.6) is 0 Å². The Kier molecular flexibility index (Phi) is 4.61. The zero-order valence-electron chi connectivity index (χ0n) is 5.44. The summed E-state index contributed by atoms with van der Waals surface area (Å²) in [6.45, 7) is 1.92. The van der Waals surface area contributed by atoms with Gasteiger partial charge in [-0.2, -0.15) is 0 Å². The van der Waals surface area contributed by atoms with Crippen molar-refractivity contribution in [2.75, 3.05) is 0 Å². The highest BCUT2D eigenvalue weighted by molar-refractivity contribution is 5.66. The molecule has 0 aliphatic rings. The van der Waals surface area contributed by atoms with Gasteiger partial charge in [-0.25, -0.2) is 9.90 Å². The summed E-state index contributed by atoms with van der Waals surface area (Å²) in [7, 11) is 0. The Hall–Kier alpha value is -0.970. The van der Waals surface area contributed by atoms with Gasteiger partial charge in [0.1, 0.15) is 0 Å². The maximum absolute atomic E-state index is 9.78. The fourth-order valence-corrected chi connectivity index (χ4v) is 0.378. The van der Waals surface area contributed by atoms with Crippen LogP contribution in [0.2, 0.25) is 0 Å². The van der Waals surface area contributed by atoms with E-state index in [-0.39, 0.29) is 6.42 Å². The Bertz CT molecular complexity index is 139. The maximum atomic E-state index is 9.78. The second-order valence-electron chi connectivity index (χ2n) is 1.58. The molecule has 2 heteroatoms. The first-order valence-corrected chi connectivity index (χ1v) is 2.93. The van der Waals surface area contributed by atoms with Gasteiger partial charge in [-0.05, 0) is 0 Å². The molecule has 0 bridgehead atoms. The minimum absolute atomic E-state index is 0.0486. The topological polar surface area (TPSA) is 37.0 Å². The van der Waals surface area contributed by atoms with Crippen molar-refractivity contribution in [1.82, 2.24) is 0 Å². The van der Waals surface area contributed by atoms with E-state index < -0.39 is 5.97 Å². The van der Waals surface area contributed by atoms with Crippen LogP contribution in [0.15, 0.2) is 0 Å². The van der Waals surface area contributed by atoms with Gasteiger partial charge in [-0.15, -0.1) is 11.8 Å². The molecule has 0 saturated carbocycles. The van der Waals surface area contributed by atoms with Crippen molar-refractivity contribution in [2.24, 2.45) is 0 Å². The zero-order chi connectivity index (χ0) is 7.11. The van der Waals surface area contributed by atoms with Crippen LogP contribution in [-0.4, -0.2) is 5.97 Å². The van der Waals surface area contributed by atoms with E-state index >= 15 is 0 Å². The number of hydrogen-bond donors (Lipinski definition) is 0. The summed E-state index contributed by atoms with van der Waals surface area (Å²) in [5.74, 6) is 4.43. The lowest BCUT2D eigenvalue weighted by atomic mass is 10.3. The fourth-order valence-electron chi connectivity index (χ4n) is 0.378. The van der Waals surface area contributed by atoms with Crippen LogP contribution in [-0.2, 0) is 9.90 Å². The Morgan fingerprint density at radius 2 is 2.11 bits per heavy atom. The number of hydrogen-bond acceptors (Lipinski definition) is 1. The number of carbonyl (C=O) groups is 1. The summed E-state index contributed by atoms with van der Waals surface area (Å²) >= 11 is 0. The molecule has 0 rings (SSSR count). The van der Waals surface area contributed by atoms with Crippen molar-refractivity contribution in [2.45, 2.75) is 26.2 Å². The van der Waals surface area contributed by atoms with E-state index in [4.69, 9.17) is 0 Å². The Balaban J connectivity index is 3.19. The molecule has 0 N–H and O–H groups in total. The second-order valence-corrected chi connectivity index (χ2v) is 1.58. The Morgan fingerprint density at radius 3 is 2.56 bits per heavy atom. The molecule has 0 atom stereocenters. The highest BCUT2D eigenvalue weighted by Crippen LogP contribution is 1.85. The monoisotopic (exact) mass is 125 g/mol. The predicted octanol–water partition coefficient (Wildman–Crippen LogP) is 1.14. The van der Waals surface area contributed by atoms with Crippen LogP contribution >= 0.6 is 0 Å². The molecule has 0 fully saturated rings. The standard InChI is InChI=1S/C7H9O2/c1-2-3-4-5-6-7(8)9/h2,5-6H2,1H3. The van der Waals surface area contributed by atoms with Crippen molar-refractivity contribution >= 4 is 5.97 Å². The van der Waals surface area contributed by atoms with Crippen molar-refractivity contribution in [1.29, 1.82) is 0 Å². The first-order valence-electron chi connectivity index (χ1n) is 2.93. The second kappa shape index (κ2) is 5.17. The van der Waals surface area contributed by atoms with Crippen molar-refractivity contribution < 1.29 is 9.90 Å². The number of rotatable bonds is 2. The maximum Gasteiger partial charge on any atom is 0.356 e. The van der Waals surface area contributed by atoms with Crippen molar-refractivity contribution in [3.05, 3.63) is 0 Å². The minimum Gasteiger partial charge on any atom is -0.247 e. The normalized spacial score (nSPS) is 7.67. The molecule has 1 radical (unpaired) electrons. The lowest BCUT2D eigenvalue weighted by Crippen LogP contribution is -1.89. The average molecular weight is 125 g/mol. The fraction of sp³-hybridized carbons (Fsp3) is 0.571. The first kappa shape index (κ1) is 8.03. The number of carbonyl (C=O) groups excluding carboxylic acids is 1. The minimum atomic E-state index is -1.03. The highest BCUT2D eigenvalue weighted by atomic mass is 16.4. The van der Waals surface area contributed by atoms with Crippen LogP contribution in [0.25, 0.3) is 0 Å². The predicted molar refractivity (Wildman–Crippen MR) is 33.0 cm³/mol. The van der Waals surface area contributed by atoms with Crippen molar-refractivity contribution in [3.8, 4) is 11.8 Å². The molecule has 0 heterocycles. The third kappa shape index (κ3) is 7.03. The molecule has 0 aromatic rings. The molecule has 49 valence electrons. The molecular weight excluding hydrogens is 116 g/mol. The summed E-state index contributed by atoms with van der Waals surface area (Å²) in [6, 6.07) is 0. The van der Waals surface area contributed by atoms with E-state index in [0.717, 1.165) is 6.42 Å². The van der Waals surface area contributed by atoms with Crippen LogP contribution in [0, 0.1) is 11.8 Å². The summed E-state index contributed by atoms with van der Waals surface area (Å²) in [5, 5.41) is 9.78. The SMILES string of the molecule is CCC#CCCC([O])=O. The molecule has 0 aromatic heterocycles.